The molecule has 0 saturated heterocycles. The van der Waals surface area contributed by atoms with Crippen LogP contribution in [0.15, 0.2) is 84.0 Å². The second-order valence-electron chi connectivity index (χ2n) is 7.74. The van der Waals surface area contributed by atoms with Crippen molar-refractivity contribution in [1.82, 2.24) is 5.43 Å². The summed E-state index contributed by atoms with van der Waals surface area (Å²) in [6.45, 7) is 0. The third kappa shape index (κ3) is 5.44. The molecule has 182 valence electrons. The molecule has 8 nitrogen and oxygen atoms in total. The Balaban J connectivity index is 1.46. The molecule has 0 fully saturated rings. The van der Waals surface area contributed by atoms with Crippen LogP contribution in [0.1, 0.15) is 26.3 Å². The number of nitrogens with one attached hydrogen (secondary N) is 2. The molecule has 2 N–H and O–H groups in total. The number of anilines is 1. The molecule has 0 aliphatic heterocycles. The van der Waals surface area contributed by atoms with Gasteiger partial charge in [0.05, 0.1) is 38.8 Å². The van der Waals surface area contributed by atoms with Gasteiger partial charge >= 0.3 is 0 Å². The Morgan fingerprint density at radius 3 is 2.28 bits per heavy atom. The van der Waals surface area contributed by atoms with E-state index in [4.69, 9.17) is 14.2 Å². The van der Waals surface area contributed by atoms with Crippen LogP contribution in [-0.2, 0) is 0 Å². The van der Waals surface area contributed by atoms with Crippen molar-refractivity contribution in [3.63, 3.8) is 0 Å². The van der Waals surface area contributed by atoms with E-state index in [0.29, 0.717) is 22.7 Å². The van der Waals surface area contributed by atoms with Gasteiger partial charge in [0.2, 0.25) is 0 Å². The zero-order valence-corrected chi connectivity index (χ0v) is 20.1. The van der Waals surface area contributed by atoms with Gasteiger partial charge in [-0.2, -0.15) is 5.10 Å². The number of carbonyl (C=O) groups is 2. The monoisotopic (exact) mass is 483 g/mol. The van der Waals surface area contributed by atoms with E-state index in [1.54, 1.807) is 55.8 Å². The Hall–Kier alpha value is -4.85. The summed E-state index contributed by atoms with van der Waals surface area (Å²) < 4.78 is 15.7. The van der Waals surface area contributed by atoms with Gasteiger partial charge in [-0.05, 0) is 64.9 Å². The highest BCUT2D eigenvalue weighted by molar-refractivity contribution is 6.09. The first-order chi connectivity index (χ1) is 17.5. The van der Waals surface area contributed by atoms with Gasteiger partial charge in [-0.1, -0.05) is 30.3 Å². The maximum absolute atomic E-state index is 12.8. The van der Waals surface area contributed by atoms with Gasteiger partial charge in [0.1, 0.15) is 5.75 Å². The summed E-state index contributed by atoms with van der Waals surface area (Å²) in [5, 5.41) is 8.92. The molecule has 0 spiro atoms. The molecule has 0 aromatic heterocycles. The molecular formula is C28H25N3O5. The van der Waals surface area contributed by atoms with Crippen molar-refractivity contribution in [1.29, 1.82) is 0 Å². The predicted octanol–water partition coefficient (Wildman–Crippen LogP) is 4.88. The van der Waals surface area contributed by atoms with Crippen LogP contribution in [0.3, 0.4) is 0 Å². The van der Waals surface area contributed by atoms with Gasteiger partial charge in [-0.15, -0.1) is 0 Å². The maximum Gasteiger partial charge on any atom is 0.273 e. The van der Waals surface area contributed by atoms with Crippen molar-refractivity contribution in [3.05, 3.63) is 95.6 Å². The maximum atomic E-state index is 12.8. The Labute approximate surface area is 208 Å². The van der Waals surface area contributed by atoms with Crippen molar-refractivity contribution in [3.8, 4) is 17.2 Å². The topological polar surface area (TPSA) is 98.2 Å². The second-order valence-corrected chi connectivity index (χ2v) is 7.74. The molecule has 0 bridgehead atoms. The fraction of sp³-hybridized carbons (Fsp3) is 0.107. The molecule has 0 radical (unpaired) electrons. The van der Waals surface area contributed by atoms with Gasteiger partial charge in [0.25, 0.3) is 11.8 Å². The summed E-state index contributed by atoms with van der Waals surface area (Å²) in [6, 6.07) is 23.1. The van der Waals surface area contributed by atoms with E-state index in [1.807, 2.05) is 36.4 Å². The van der Waals surface area contributed by atoms with Crippen LogP contribution >= 0.6 is 0 Å². The molecule has 4 aromatic carbocycles. The molecule has 0 saturated carbocycles. The average molecular weight is 484 g/mol. The average Bonchev–Trinajstić information content (AvgIpc) is 2.92. The molecule has 4 rings (SSSR count). The quantitative estimate of drug-likeness (QED) is 0.275. The van der Waals surface area contributed by atoms with E-state index in [0.717, 1.165) is 22.1 Å². The first-order valence-corrected chi connectivity index (χ1v) is 11.1. The summed E-state index contributed by atoms with van der Waals surface area (Å²) in [5.74, 6) is 0.872. The number of hydrogen-bond acceptors (Lipinski definition) is 6. The molecule has 0 aliphatic rings. The Bertz CT molecular complexity index is 1450. The first kappa shape index (κ1) is 24.3. The van der Waals surface area contributed by atoms with Crippen LogP contribution in [0.25, 0.3) is 10.8 Å². The van der Waals surface area contributed by atoms with Crippen molar-refractivity contribution < 1.29 is 23.8 Å². The molecule has 0 aliphatic carbocycles. The van der Waals surface area contributed by atoms with Crippen LogP contribution in [0.5, 0.6) is 17.2 Å². The number of ether oxygens (including phenoxy) is 3. The summed E-state index contributed by atoms with van der Waals surface area (Å²) in [4.78, 5) is 25.6. The number of methoxy groups -OCH3 is 3. The molecule has 36 heavy (non-hydrogen) atoms. The number of nitrogens with zero attached hydrogens (tertiary/aromatic N) is 1. The number of rotatable bonds is 8. The lowest BCUT2D eigenvalue weighted by atomic mass is 10.1. The van der Waals surface area contributed by atoms with Gasteiger partial charge < -0.3 is 19.5 Å². The lowest BCUT2D eigenvalue weighted by Gasteiger charge is -2.12. The number of amides is 2. The fourth-order valence-electron chi connectivity index (χ4n) is 3.64. The van der Waals surface area contributed by atoms with Crippen molar-refractivity contribution >= 4 is 34.5 Å². The van der Waals surface area contributed by atoms with Crippen LogP contribution in [0.4, 0.5) is 5.69 Å². The number of hydrogen-bond donors (Lipinski definition) is 2. The van der Waals surface area contributed by atoms with Crippen molar-refractivity contribution in [2.24, 2.45) is 5.10 Å². The van der Waals surface area contributed by atoms with Crippen LogP contribution in [0, 0.1) is 0 Å². The predicted molar refractivity (Wildman–Crippen MR) is 140 cm³/mol. The molecule has 4 aromatic rings. The summed E-state index contributed by atoms with van der Waals surface area (Å²) in [5.41, 5.74) is 4.33. The zero-order valence-electron chi connectivity index (χ0n) is 20.1. The van der Waals surface area contributed by atoms with Gasteiger partial charge in [-0.3, -0.25) is 9.59 Å². The van der Waals surface area contributed by atoms with Gasteiger partial charge in [0.15, 0.2) is 11.5 Å². The van der Waals surface area contributed by atoms with Crippen molar-refractivity contribution in [2.75, 3.05) is 26.6 Å². The first-order valence-electron chi connectivity index (χ1n) is 11.1. The molecular weight excluding hydrogens is 458 g/mol. The highest BCUT2D eigenvalue weighted by atomic mass is 16.5. The van der Waals surface area contributed by atoms with E-state index >= 15 is 0 Å². The normalized spacial score (nSPS) is 10.8. The van der Waals surface area contributed by atoms with E-state index in [9.17, 15) is 9.59 Å². The minimum absolute atomic E-state index is 0.272. The zero-order chi connectivity index (χ0) is 25.5. The summed E-state index contributed by atoms with van der Waals surface area (Å²) >= 11 is 0. The molecule has 2 amide bonds. The SMILES string of the molecule is COc1ccc2cc(/C=N/NC(=O)c3ccccc3NC(=O)c3ccc(OC)c(OC)c3)ccc2c1. The number of para-hydroxylation sites is 1. The lowest BCUT2D eigenvalue weighted by Crippen LogP contribution is -2.21. The van der Waals surface area contributed by atoms with E-state index < -0.39 is 11.8 Å². The Morgan fingerprint density at radius 1 is 0.750 bits per heavy atom. The highest BCUT2D eigenvalue weighted by Crippen LogP contribution is 2.28. The minimum atomic E-state index is -0.458. The molecule has 0 heterocycles. The van der Waals surface area contributed by atoms with E-state index in [-0.39, 0.29) is 5.56 Å². The summed E-state index contributed by atoms with van der Waals surface area (Å²) in [6.07, 6.45) is 1.56. The lowest BCUT2D eigenvalue weighted by molar-refractivity contribution is 0.0956. The number of fused-ring (bicyclic) bond motifs is 1. The van der Waals surface area contributed by atoms with Gasteiger partial charge in [0, 0.05) is 5.56 Å². The fourth-order valence-corrected chi connectivity index (χ4v) is 3.64. The number of hydrazone groups is 1. The number of carbonyl (C=O) groups excluding carboxylic acids is 2. The Morgan fingerprint density at radius 2 is 1.50 bits per heavy atom. The minimum Gasteiger partial charge on any atom is -0.497 e. The van der Waals surface area contributed by atoms with Crippen LogP contribution < -0.4 is 25.0 Å². The van der Waals surface area contributed by atoms with E-state index in [1.165, 1.54) is 14.2 Å². The second kappa shape index (κ2) is 11.1. The molecule has 0 atom stereocenters. The summed E-state index contributed by atoms with van der Waals surface area (Å²) in [7, 11) is 4.64. The molecule has 8 heteroatoms. The Kier molecular flexibility index (Phi) is 7.45. The van der Waals surface area contributed by atoms with E-state index in [2.05, 4.69) is 15.8 Å². The largest absolute Gasteiger partial charge is 0.497 e. The third-order valence-corrected chi connectivity index (χ3v) is 5.52. The standard InChI is InChI=1S/C28H25N3O5/c1-34-22-12-10-19-14-18(8-9-20(19)15-22)17-29-31-28(33)23-6-4-5-7-24(23)30-27(32)21-11-13-25(35-2)26(16-21)36-3/h4-17H,1-3H3,(H,30,32)(H,31,33)/b29-17+. The van der Waals surface area contributed by atoms with Crippen LogP contribution in [-0.4, -0.2) is 39.4 Å². The highest BCUT2D eigenvalue weighted by Gasteiger charge is 2.15. The van der Waals surface area contributed by atoms with Crippen molar-refractivity contribution in [2.45, 2.75) is 0 Å². The number of benzene rings is 4. The smallest absolute Gasteiger partial charge is 0.273 e. The third-order valence-electron chi connectivity index (χ3n) is 5.52. The molecule has 0 unspecified atom stereocenters. The van der Waals surface area contributed by atoms with Crippen LogP contribution in [0.2, 0.25) is 0 Å². The van der Waals surface area contributed by atoms with Gasteiger partial charge in [-0.25, -0.2) is 5.43 Å².